The van der Waals surface area contributed by atoms with Gasteiger partial charge < -0.3 is 9.64 Å². The number of carbonyl (C=O) groups is 2. The lowest BCUT2D eigenvalue weighted by Gasteiger charge is -2.24. The van der Waals surface area contributed by atoms with E-state index in [0.29, 0.717) is 19.7 Å². The highest BCUT2D eigenvalue weighted by atomic mass is 16.5. The summed E-state index contributed by atoms with van der Waals surface area (Å²) in [6, 6.07) is 3.73. The van der Waals surface area contributed by atoms with Gasteiger partial charge in [-0.25, -0.2) is 0 Å². The van der Waals surface area contributed by atoms with E-state index in [1.165, 1.54) is 0 Å². The topological polar surface area (TPSA) is 59.5 Å². The standard InChI is InChI=1S/C15H22N2O3/c1-4-20-14(18)7-10-17(15(19)12(2)3)11-13-5-8-16-9-6-13/h5-6,8-9,12H,4,7,10-11H2,1-3H3. The van der Waals surface area contributed by atoms with Gasteiger partial charge >= 0.3 is 5.97 Å². The Morgan fingerprint density at radius 3 is 2.50 bits per heavy atom. The third-order valence-electron chi connectivity index (χ3n) is 2.82. The SMILES string of the molecule is CCOC(=O)CCN(Cc1ccncc1)C(=O)C(C)C. The summed E-state index contributed by atoms with van der Waals surface area (Å²) in [5.41, 5.74) is 0.998. The molecule has 0 saturated carbocycles. The minimum absolute atomic E-state index is 0.0334. The fourth-order valence-electron chi connectivity index (χ4n) is 1.80. The normalized spacial score (nSPS) is 10.4. The molecule has 0 bridgehead atoms. The van der Waals surface area contributed by atoms with Crippen LogP contribution in [0.2, 0.25) is 0 Å². The van der Waals surface area contributed by atoms with E-state index in [0.717, 1.165) is 5.56 Å². The number of amides is 1. The number of hydrogen-bond acceptors (Lipinski definition) is 4. The van der Waals surface area contributed by atoms with Crippen LogP contribution in [-0.4, -0.2) is 34.9 Å². The second kappa shape index (κ2) is 8.30. The highest BCUT2D eigenvalue weighted by Crippen LogP contribution is 2.09. The monoisotopic (exact) mass is 278 g/mol. The lowest BCUT2D eigenvalue weighted by molar-refractivity contribution is -0.144. The summed E-state index contributed by atoms with van der Waals surface area (Å²) in [6.07, 6.45) is 3.61. The Morgan fingerprint density at radius 2 is 1.95 bits per heavy atom. The van der Waals surface area contributed by atoms with Gasteiger partial charge in [0.1, 0.15) is 0 Å². The van der Waals surface area contributed by atoms with Crippen LogP contribution in [-0.2, 0) is 20.9 Å². The van der Waals surface area contributed by atoms with Gasteiger partial charge in [0.25, 0.3) is 0 Å². The number of pyridine rings is 1. The van der Waals surface area contributed by atoms with E-state index >= 15 is 0 Å². The van der Waals surface area contributed by atoms with Crippen molar-refractivity contribution in [2.24, 2.45) is 5.92 Å². The molecule has 0 fully saturated rings. The fourth-order valence-corrected chi connectivity index (χ4v) is 1.80. The number of ether oxygens (including phenoxy) is 1. The van der Waals surface area contributed by atoms with Crippen LogP contribution in [0.3, 0.4) is 0 Å². The van der Waals surface area contributed by atoms with Gasteiger partial charge in [-0.15, -0.1) is 0 Å². The quantitative estimate of drug-likeness (QED) is 0.716. The predicted octanol–water partition coefficient (Wildman–Crippen LogP) is 2.02. The van der Waals surface area contributed by atoms with Crippen molar-refractivity contribution in [3.63, 3.8) is 0 Å². The van der Waals surface area contributed by atoms with Gasteiger partial charge in [-0.3, -0.25) is 14.6 Å². The molecule has 0 N–H and O–H groups in total. The van der Waals surface area contributed by atoms with Gasteiger partial charge in [0.2, 0.25) is 5.91 Å². The molecule has 0 aliphatic rings. The van der Waals surface area contributed by atoms with Crippen LogP contribution in [0.1, 0.15) is 32.8 Å². The lowest BCUT2D eigenvalue weighted by Crippen LogP contribution is -2.35. The van der Waals surface area contributed by atoms with Crippen LogP contribution in [0.5, 0.6) is 0 Å². The molecule has 0 aliphatic carbocycles. The first-order chi connectivity index (χ1) is 9.54. The van der Waals surface area contributed by atoms with Crippen molar-refractivity contribution in [2.75, 3.05) is 13.2 Å². The molecule has 1 amide bonds. The van der Waals surface area contributed by atoms with E-state index in [1.807, 2.05) is 26.0 Å². The molecule has 0 radical (unpaired) electrons. The molecule has 1 aromatic rings. The second-order valence-corrected chi connectivity index (χ2v) is 4.82. The summed E-state index contributed by atoms with van der Waals surface area (Å²) >= 11 is 0. The van der Waals surface area contributed by atoms with Gasteiger partial charge in [-0.1, -0.05) is 13.8 Å². The number of aromatic nitrogens is 1. The van der Waals surface area contributed by atoms with E-state index in [1.54, 1.807) is 24.2 Å². The minimum Gasteiger partial charge on any atom is -0.466 e. The zero-order valence-electron chi connectivity index (χ0n) is 12.3. The Balaban J connectivity index is 2.66. The molecule has 20 heavy (non-hydrogen) atoms. The molecule has 0 atom stereocenters. The van der Waals surface area contributed by atoms with Crippen molar-refractivity contribution >= 4 is 11.9 Å². The van der Waals surface area contributed by atoms with Crippen LogP contribution < -0.4 is 0 Å². The molecular weight excluding hydrogens is 256 g/mol. The Hall–Kier alpha value is -1.91. The van der Waals surface area contributed by atoms with Crippen molar-refractivity contribution in [1.29, 1.82) is 0 Å². The number of nitrogens with zero attached hydrogens (tertiary/aromatic N) is 2. The third kappa shape index (κ3) is 5.38. The van der Waals surface area contributed by atoms with Crippen molar-refractivity contribution in [3.8, 4) is 0 Å². The molecule has 0 aromatic carbocycles. The number of rotatable bonds is 7. The van der Waals surface area contributed by atoms with Gasteiger partial charge in [0, 0.05) is 31.4 Å². The maximum Gasteiger partial charge on any atom is 0.307 e. The highest BCUT2D eigenvalue weighted by molar-refractivity contribution is 5.79. The summed E-state index contributed by atoms with van der Waals surface area (Å²) < 4.78 is 4.90. The first-order valence-electron chi connectivity index (χ1n) is 6.88. The summed E-state index contributed by atoms with van der Waals surface area (Å²) in [6.45, 7) is 6.70. The van der Waals surface area contributed by atoms with Crippen LogP contribution in [0.4, 0.5) is 0 Å². The fraction of sp³-hybridized carbons (Fsp3) is 0.533. The molecule has 1 aromatic heterocycles. The van der Waals surface area contributed by atoms with E-state index in [2.05, 4.69) is 4.98 Å². The molecule has 1 rings (SSSR count). The molecule has 0 unspecified atom stereocenters. The van der Waals surface area contributed by atoms with E-state index in [4.69, 9.17) is 4.74 Å². The van der Waals surface area contributed by atoms with Gasteiger partial charge in [0.15, 0.2) is 0 Å². The van der Waals surface area contributed by atoms with Gasteiger partial charge in [0.05, 0.1) is 13.0 Å². The van der Waals surface area contributed by atoms with Crippen molar-refractivity contribution < 1.29 is 14.3 Å². The lowest BCUT2D eigenvalue weighted by atomic mass is 10.1. The molecule has 5 nitrogen and oxygen atoms in total. The molecule has 1 heterocycles. The first-order valence-corrected chi connectivity index (χ1v) is 6.88. The number of hydrogen-bond donors (Lipinski definition) is 0. The zero-order valence-corrected chi connectivity index (χ0v) is 12.3. The zero-order chi connectivity index (χ0) is 15.0. The first kappa shape index (κ1) is 16.1. The Kier molecular flexibility index (Phi) is 6.70. The van der Waals surface area contributed by atoms with E-state index in [-0.39, 0.29) is 24.2 Å². The predicted molar refractivity (Wildman–Crippen MR) is 75.7 cm³/mol. The highest BCUT2D eigenvalue weighted by Gasteiger charge is 2.18. The van der Waals surface area contributed by atoms with Crippen LogP contribution >= 0.6 is 0 Å². The maximum absolute atomic E-state index is 12.2. The summed E-state index contributed by atoms with van der Waals surface area (Å²) in [5, 5.41) is 0. The Bertz CT molecular complexity index is 432. The summed E-state index contributed by atoms with van der Waals surface area (Å²) in [5.74, 6) is -0.339. The molecule has 0 spiro atoms. The van der Waals surface area contributed by atoms with Crippen molar-refractivity contribution in [3.05, 3.63) is 30.1 Å². The molecule has 0 aliphatic heterocycles. The molecule has 110 valence electrons. The third-order valence-corrected chi connectivity index (χ3v) is 2.82. The van der Waals surface area contributed by atoms with Crippen molar-refractivity contribution in [1.82, 2.24) is 9.88 Å². The summed E-state index contributed by atoms with van der Waals surface area (Å²) in [7, 11) is 0. The Morgan fingerprint density at radius 1 is 1.30 bits per heavy atom. The van der Waals surface area contributed by atoms with E-state index in [9.17, 15) is 9.59 Å². The average molecular weight is 278 g/mol. The number of esters is 1. The molecular formula is C15H22N2O3. The van der Waals surface area contributed by atoms with Crippen LogP contribution in [0.25, 0.3) is 0 Å². The molecule has 0 saturated heterocycles. The van der Waals surface area contributed by atoms with Crippen LogP contribution in [0.15, 0.2) is 24.5 Å². The largest absolute Gasteiger partial charge is 0.466 e. The minimum atomic E-state index is -0.274. The van der Waals surface area contributed by atoms with Gasteiger partial charge in [-0.2, -0.15) is 0 Å². The van der Waals surface area contributed by atoms with Crippen molar-refractivity contribution in [2.45, 2.75) is 33.7 Å². The Labute approximate surface area is 119 Å². The maximum atomic E-state index is 12.2. The second-order valence-electron chi connectivity index (χ2n) is 4.82. The molecule has 5 heteroatoms. The van der Waals surface area contributed by atoms with E-state index < -0.39 is 0 Å². The summed E-state index contributed by atoms with van der Waals surface area (Å²) in [4.78, 5) is 29.2. The average Bonchev–Trinajstić information content (AvgIpc) is 2.44. The van der Waals surface area contributed by atoms with Gasteiger partial charge in [-0.05, 0) is 24.6 Å². The smallest absolute Gasteiger partial charge is 0.307 e. The van der Waals surface area contributed by atoms with Crippen LogP contribution in [0, 0.1) is 5.92 Å². The number of carbonyl (C=O) groups excluding carboxylic acids is 2.